The molecule has 0 N–H and O–H groups in total. The molecule has 1 heterocycles. The highest BCUT2D eigenvalue weighted by Crippen LogP contribution is 2.34. The maximum absolute atomic E-state index is 5.94. The predicted octanol–water partition coefficient (Wildman–Crippen LogP) is 5.86. The van der Waals surface area contributed by atoms with Gasteiger partial charge in [-0.3, -0.25) is 4.90 Å². The standard InChI is InChI=1S/C28H37NO2/c1-22(25-7-6-24-10-12-28(2,3)13-11-26(24)21-25)20-23-4-8-27(9-5-23)31-19-16-29-14-17-30-18-15-29/h4-9,20-21H,10-19H2,1-3H3. The van der Waals surface area contributed by atoms with Crippen LogP contribution in [-0.4, -0.2) is 44.4 Å². The van der Waals surface area contributed by atoms with E-state index in [0.29, 0.717) is 5.41 Å². The largest absolute Gasteiger partial charge is 0.492 e. The van der Waals surface area contributed by atoms with E-state index in [0.717, 1.165) is 45.2 Å². The number of allylic oxidation sites excluding steroid dienone is 1. The van der Waals surface area contributed by atoms with Crippen molar-refractivity contribution in [3.8, 4) is 5.75 Å². The van der Waals surface area contributed by atoms with Crippen LogP contribution in [0, 0.1) is 5.41 Å². The first-order valence-electron chi connectivity index (χ1n) is 11.8. The van der Waals surface area contributed by atoms with Crippen molar-refractivity contribution in [3.63, 3.8) is 0 Å². The zero-order chi connectivity index (χ0) is 21.7. The second-order valence-electron chi connectivity index (χ2n) is 9.85. The van der Waals surface area contributed by atoms with Gasteiger partial charge in [0.05, 0.1) is 13.2 Å². The van der Waals surface area contributed by atoms with Gasteiger partial charge in [-0.25, -0.2) is 0 Å². The molecule has 0 saturated carbocycles. The molecule has 1 aliphatic heterocycles. The van der Waals surface area contributed by atoms with E-state index >= 15 is 0 Å². The average molecular weight is 420 g/mol. The highest BCUT2D eigenvalue weighted by molar-refractivity contribution is 5.80. The smallest absolute Gasteiger partial charge is 0.119 e. The van der Waals surface area contributed by atoms with Gasteiger partial charge in [0.15, 0.2) is 0 Å². The van der Waals surface area contributed by atoms with Crippen LogP contribution in [0.3, 0.4) is 0 Å². The molecule has 166 valence electrons. The quantitative estimate of drug-likeness (QED) is 0.432. The molecule has 0 spiro atoms. The van der Waals surface area contributed by atoms with E-state index in [9.17, 15) is 0 Å². The molecule has 1 aliphatic carbocycles. The Kier molecular flexibility index (Phi) is 7.14. The Labute approximate surface area is 188 Å². The average Bonchev–Trinajstić information content (AvgIpc) is 2.93. The van der Waals surface area contributed by atoms with E-state index in [1.54, 1.807) is 11.1 Å². The van der Waals surface area contributed by atoms with E-state index in [1.807, 2.05) is 0 Å². The van der Waals surface area contributed by atoms with Crippen LogP contribution in [0.2, 0.25) is 0 Å². The van der Waals surface area contributed by atoms with Crippen LogP contribution in [0.5, 0.6) is 5.75 Å². The van der Waals surface area contributed by atoms with E-state index in [1.165, 1.54) is 42.4 Å². The summed E-state index contributed by atoms with van der Waals surface area (Å²) in [5, 5.41) is 0. The van der Waals surface area contributed by atoms with Crippen molar-refractivity contribution in [2.24, 2.45) is 5.41 Å². The van der Waals surface area contributed by atoms with Gasteiger partial charge < -0.3 is 9.47 Å². The fourth-order valence-electron chi connectivity index (χ4n) is 4.53. The van der Waals surface area contributed by atoms with E-state index in [4.69, 9.17) is 9.47 Å². The number of morpholine rings is 1. The topological polar surface area (TPSA) is 21.7 Å². The number of benzene rings is 2. The Bertz CT molecular complexity index is 892. The van der Waals surface area contributed by atoms with Crippen LogP contribution in [0.4, 0.5) is 0 Å². The zero-order valence-corrected chi connectivity index (χ0v) is 19.5. The fourth-order valence-corrected chi connectivity index (χ4v) is 4.53. The first-order valence-corrected chi connectivity index (χ1v) is 11.8. The van der Waals surface area contributed by atoms with E-state index < -0.39 is 0 Å². The predicted molar refractivity (Wildman–Crippen MR) is 130 cm³/mol. The summed E-state index contributed by atoms with van der Waals surface area (Å²) < 4.78 is 11.3. The van der Waals surface area contributed by atoms with Crippen LogP contribution in [-0.2, 0) is 17.6 Å². The molecule has 0 bridgehead atoms. The fraction of sp³-hybridized carbons (Fsp3) is 0.500. The van der Waals surface area contributed by atoms with Gasteiger partial charge in [-0.15, -0.1) is 0 Å². The van der Waals surface area contributed by atoms with Crippen molar-refractivity contribution in [1.29, 1.82) is 0 Å². The lowest BCUT2D eigenvalue weighted by molar-refractivity contribution is 0.0322. The molecular weight excluding hydrogens is 382 g/mol. The molecule has 3 heteroatoms. The summed E-state index contributed by atoms with van der Waals surface area (Å²) in [5.74, 6) is 0.940. The third-order valence-electron chi connectivity index (χ3n) is 6.85. The van der Waals surface area contributed by atoms with Crippen molar-refractivity contribution >= 4 is 11.6 Å². The lowest BCUT2D eigenvalue weighted by Crippen LogP contribution is -2.38. The second-order valence-corrected chi connectivity index (χ2v) is 9.85. The lowest BCUT2D eigenvalue weighted by Gasteiger charge is -2.26. The number of ether oxygens (including phenoxy) is 2. The van der Waals surface area contributed by atoms with Gasteiger partial charge in [-0.05, 0) is 78.0 Å². The van der Waals surface area contributed by atoms with Crippen LogP contribution in [0.1, 0.15) is 55.9 Å². The molecule has 0 radical (unpaired) electrons. The third-order valence-corrected chi connectivity index (χ3v) is 6.85. The third kappa shape index (κ3) is 6.21. The summed E-state index contributed by atoms with van der Waals surface area (Å²) in [6.45, 7) is 12.4. The summed E-state index contributed by atoms with van der Waals surface area (Å²) in [4.78, 5) is 2.39. The van der Waals surface area contributed by atoms with Gasteiger partial charge >= 0.3 is 0 Å². The molecule has 2 aromatic carbocycles. The Morgan fingerprint density at radius 3 is 2.45 bits per heavy atom. The van der Waals surface area contributed by atoms with Crippen LogP contribution >= 0.6 is 0 Å². The molecule has 0 unspecified atom stereocenters. The Morgan fingerprint density at radius 1 is 1.00 bits per heavy atom. The molecule has 0 amide bonds. The molecule has 2 aliphatic rings. The Morgan fingerprint density at radius 2 is 1.71 bits per heavy atom. The van der Waals surface area contributed by atoms with Crippen molar-refractivity contribution in [1.82, 2.24) is 4.90 Å². The highest BCUT2D eigenvalue weighted by Gasteiger charge is 2.22. The summed E-state index contributed by atoms with van der Waals surface area (Å²) in [7, 11) is 0. The number of hydrogen-bond acceptors (Lipinski definition) is 3. The number of aryl methyl sites for hydroxylation is 2. The second kappa shape index (κ2) is 10.0. The zero-order valence-electron chi connectivity index (χ0n) is 19.5. The van der Waals surface area contributed by atoms with Gasteiger partial charge in [0.25, 0.3) is 0 Å². The van der Waals surface area contributed by atoms with Crippen molar-refractivity contribution < 1.29 is 9.47 Å². The molecule has 31 heavy (non-hydrogen) atoms. The number of hydrogen-bond donors (Lipinski definition) is 0. The van der Waals surface area contributed by atoms with Gasteiger partial charge in [0, 0.05) is 19.6 Å². The van der Waals surface area contributed by atoms with Gasteiger partial charge in [0.2, 0.25) is 0 Å². The summed E-state index contributed by atoms with van der Waals surface area (Å²) in [6.07, 6.45) is 7.24. The number of fused-ring (bicyclic) bond motifs is 1. The van der Waals surface area contributed by atoms with Gasteiger partial charge in [-0.1, -0.05) is 50.3 Å². The summed E-state index contributed by atoms with van der Waals surface area (Å²) >= 11 is 0. The molecule has 4 rings (SSSR count). The Balaban J connectivity index is 1.35. The van der Waals surface area contributed by atoms with Crippen molar-refractivity contribution in [2.45, 2.75) is 46.5 Å². The SMILES string of the molecule is CC(=Cc1ccc(OCCN2CCOCC2)cc1)c1ccc2c(c1)CCC(C)(C)CC2. The Hall–Kier alpha value is -2.10. The van der Waals surface area contributed by atoms with Crippen molar-refractivity contribution in [2.75, 3.05) is 39.5 Å². The molecule has 2 aromatic rings. The minimum Gasteiger partial charge on any atom is -0.492 e. The molecule has 0 aromatic heterocycles. The van der Waals surface area contributed by atoms with Gasteiger partial charge in [0.1, 0.15) is 12.4 Å². The summed E-state index contributed by atoms with van der Waals surface area (Å²) in [5.41, 5.74) is 7.40. The first kappa shape index (κ1) is 22.1. The molecule has 0 atom stereocenters. The first-order chi connectivity index (χ1) is 15.0. The number of rotatable bonds is 6. The molecular formula is C28H37NO2. The molecule has 1 saturated heterocycles. The highest BCUT2D eigenvalue weighted by atomic mass is 16.5. The maximum atomic E-state index is 5.94. The van der Waals surface area contributed by atoms with Crippen LogP contribution < -0.4 is 4.74 Å². The van der Waals surface area contributed by atoms with E-state index in [2.05, 4.69) is 74.2 Å². The monoisotopic (exact) mass is 419 g/mol. The maximum Gasteiger partial charge on any atom is 0.119 e. The van der Waals surface area contributed by atoms with Crippen LogP contribution in [0.25, 0.3) is 11.6 Å². The normalized spacial score (nSPS) is 19.5. The minimum absolute atomic E-state index is 0.454. The lowest BCUT2D eigenvalue weighted by atomic mass is 9.85. The van der Waals surface area contributed by atoms with Gasteiger partial charge in [-0.2, -0.15) is 0 Å². The minimum atomic E-state index is 0.454. The molecule has 1 fully saturated rings. The van der Waals surface area contributed by atoms with Crippen LogP contribution in [0.15, 0.2) is 42.5 Å². The van der Waals surface area contributed by atoms with Crippen molar-refractivity contribution in [3.05, 3.63) is 64.7 Å². The molecule has 3 nitrogen and oxygen atoms in total. The van der Waals surface area contributed by atoms with E-state index in [-0.39, 0.29) is 0 Å². The number of nitrogens with zero attached hydrogens (tertiary/aromatic N) is 1. The summed E-state index contributed by atoms with van der Waals surface area (Å²) in [6, 6.07) is 15.5.